The second-order valence-corrected chi connectivity index (χ2v) is 8.15. The van der Waals surface area contributed by atoms with Crippen molar-refractivity contribution in [2.24, 2.45) is 0 Å². The number of imidazole rings is 1. The van der Waals surface area contributed by atoms with Crippen LogP contribution in [-0.4, -0.2) is 24.3 Å². The first kappa shape index (κ1) is 15.6. The van der Waals surface area contributed by atoms with Crippen LogP contribution in [0.15, 0.2) is 59.8 Å². The van der Waals surface area contributed by atoms with Crippen molar-refractivity contribution in [1.82, 2.24) is 14.1 Å². The third-order valence-corrected chi connectivity index (χ3v) is 6.34. The predicted molar refractivity (Wildman–Crippen MR) is 92.7 cm³/mol. The number of halogens is 1. The van der Waals surface area contributed by atoms with Gasteiger partial charge in [-0.15, -0.1) is 0 Å². The van der Waals surface area contributed by atoms with Crippen molar-refractivity contribution < 1.29 is 8.42 Å². The Morgan fingerprint density at radius 1 is 1.12 bits per heavy atom. The number of aromatic nitrogens is 2. The topological polar surface area (TPSA) is 63.5 Å². The number of benzene rings is 1. The molecule has 1 aliphatic rings. The van der Waals surface area contributed by atoms with Crippen LogP contribution in [0.3, 0.4) is 0 Å². The van der Waals surface area contributed by atoms with E-state index in [2.05, 4.69) is 9.71 Å². The van der Waals surface area contributed by atoms with Crippen molar-refractivity contribution in [2.75, 3.05) is 6.54 Å². The zero-order valence-electron chi connectivity index (χ0n) is 12.8. The van der Waals surface area contributed by atoms with Gasteiger partial charge in [0, 0.05) is 18.2 Å². The van der Waals surface area contributed by atoms with E-state index >= 15 is 0 Å². The Morgan fingerprint density at radius 2 is 1.83 bits per heavy atom. The summed E-state index contributed by atoms with van der Waals surface area (Å²) in [6, 6.07) is 15.3. The van der Waals surface area contributed by atoms with Crippen LogP contribution in [0, 0.1) is 0 Å². The lowest BCUT2D eigenvalue weighted by Crippen LogP contribution is -2.33. The highest BCUT2D eigenvalue weighted by atomic mass is 35.5. The van der Waals surface area contributed by atoms with Crippen molar-refractivity contribution in [3.05, 3.63) is 65.4 Å². The van der Waals surface area contributed by atoms with E-state index < -0.39 is 10.0 Å². The zero-order chi connectivity index (χ0) is 16.8. The maximum absolute atomic E-state index is 12.8. The van der Waals surface area contributed by atoms with Crippen LogP contribution in [0.2, 0.25) is 5.15 Å². The smallest absolute Gasteiger partial charge is 0.259 e. The van der Waals surface area contributed by atoms with E-state index in [-0.39, 0.29) is 15.6 Å². The molecule has 0 atom stereocenters. The quantitative estimate of drug-likeness (QED) is 0.759. The second kappa shape index (κ2) is 5.58. The number of hydrogen-bond donors (Lipinski definition) is 1. The Morgan fingerprint density at radius 3 is 2.54 bits per heavy atom. The molecule has 124 valence electrons. The molecule has 0 radical (unpaired) electrons. The summed E-state index contributed by atoms with van der Waals surface area (Å²) in [5.74, 6) is 0. The molecule has 2 aromatic heterocycles. The highest BCUT2D eigenvalue weighted by Crippen LogP contribution is 2.47. The minimum Gasteiger partial charge on any atom is -0.288 e. The van der Waals surface area contributed by atoms with Gasteiger partial charge in [0.2, 0.25) is 0 Å². The first-order valence-electron chi connectivity index (χ1n) is 7.70. The molecule has 5 nitrogen and oxygen atoms in total. The summed E-state index contributed by atoms with van der Waals surface area (Å²) >= 11 is 6.08. The molecular weight excluding hydrogens is 346 g/mol. The van der Waals surface area contributed by atoms with Gasteiger partial charge in [-0.25, -0.2) is 18.1 Å². The molecule has 0 unspecified atom stereocenters. The normalized spacial score (nSPS) is 16.4. The lowest BCUT2D eigenvalue weighted by molar-refractivity contribution is 0.562. The maximum Gasteiger partial charge on any atom is 0.259 e. The molecule has 1 aromatic carbocycles. The van der Waals surface area contributed by atoms with Gasteiger partial charge in [-0.05, 0) is 30.5 Å². The van der Waals surface area contributed by atoms with Crippen LogP contribution < -0.4 is 4.72 Å². The summed E-state index contributed by atoms with van der Waals surface area (Å²) < 4.78 is 29.8. The fourth-order valence-corrected chi connectivity index (χ4v) is 4.76. The van der Waals surface area contributed by atoms with Crippen molar-refractivity contribution in [2.45, 2.75) is 23.3 Å². The van der Waals surface area contributed by atoms with Gasteiger partial charge in [0.15, 0.2) is 10.2 Å². The van der Waals surface area contributed by atoms with Gasteiger partial charge in [0.1, 0.15) is 5.65 Å². The Bertz CT molecular complexity index is 995. The van der Waals surface area contributed by atoms with Crippen LogP contribution in [-0.2, 0) is 15.4 Å². The number of nitrogens with one attached hydrogen (secondary N) is 1. The van der Waals surface area contributed by atoms with E-state index in [1.807, 2.05) is 30.3 Å². The van der Waals surface area contributed by atoms with E-state index in [1.165, 1.54) is 4.40 Å². The molecule has 1 fully saturated rings. The molecule has 24 heavy (non-hydrogen) atoms. The second-order valence-electron chi connectivity index (χ2n) is 6.11. The van der Waals surface area contributed by atoms with Crippen molar-refractivity contribution in [3.63, 3.8) is 0 Å². The largest absolute Gasteiger partial charge is 0.288 e. The standard InChI is InChI=1S/C17H16ClN3O2S/c18-15-16(21-11-5-4-8-14(21)20-15)24(22,23)19-12-17(9-10-17)13-6-2-1-3-7-13/h1-8,11,19H,9-10,12H2. The minimum atomic E-state index is -3.76. The number of sulfonamides is 1. The van der Waals surface area contributed by atoms with Crippen molar-refractivity contribution in [3.8, 4) is 0 Å². The zero-order valence-corrected chi connectivity index (χ0v) is 14.4. The molecule has 1 saturated carbocycles. The van der Waals surface area contributed by atoms with Gasteiger partial charge in [0.25, 0.3) is 10.0 Å². The summed E-state index contributed by atoms with van der Waals surface area (Å²) in [6.45, 7) is 0.357. The lowest BCUT2D eigenvalue weighted by Gasteiger charge is -2.16. The molecule has 3 aromatic rings. The van der Waals surface area contributed by atoms with E-state index in [0.29, 0.717) is 12.2 Å². The monoisotopic (exact) mass is 361 g/mol. The number of nitrogens with zero attached hydrogens (tertiary/aromatic N) is 2. The van der Waals surface area contributed by atoms with Crippen LogP contribution >= 0.6 is 11.6 Å². The summed E-state index contributed by atoms with van der Waals surface area (Å²) in [4.78, 5) is 4.11. The van der Waals surface area contributed by atoms with Crippen LogP contribution in [0.25, 0.3) is 5.65 Å². The Hall–Kier alpha value is -1.89. The first-order valence-corrected chi connectivity index (χ1v) is 9.56. The number of hydrogen-bond acceptors (Lipinski definition) is 3. The summed E-state index contributed by atoms with van der Waals surface area (Å²) in [5, 5.41) is -0.0260. The van der Waals surface area contributed by atoms with Gasteiger partial charge in [-0.2, -0.15) is 0 Å². The molecule has 0 aliphatic heterocycles. The summed E-state index contributed by atoms with van der Waals surface area (Å²) in [5.41, 5.74) is 1.56. The number of pyridine rings is 1. The molecule has 7 heteroatoms. The average molecular weight is 362 g/mol. The molecule has 4 rings (SSSR count). The SMILES string of the molecule is O=S(=O)(NCC1(c2ccccc2)CC1)c1c(Cl)nc2ccccn12. The van der Waals surface area contributed by atoms with Crippen molar-refractivity contribution >= 4 is 27.3 Å². The molecule has 0 amide bonds. The fraction of sp³-hybridized carbons (Fsp3) is 0.235. The highest BCUT2D eigenvalue weighted by Gasteiger charge is 2.45. The highest BCUT2D eigenvalue weighted by molar-refractivity contribution is 7.89. The van der Waals surface area contributed by atoms with Crippen LogP contribution in [0.4, 0.5) is 0 Å². The van der Waals surface area contributed by atoms with Gasteiger partial charge in [0.05, 0.1) is 0 Å². The van der Waals surface area contributed by atoms with E-state index in [4.69, 9.17) is 11.6 Å². The third-order valence-electron chi connectivity index (χ3n) is 4.54. The van der Waals surface area contributed by atoms with E-state index in [9.17, 15) is 8.42 Å². The molecule has 0 bridgehead atoms. The Kier molecular flexibility index (Phi) is 3.63. The summed E-state index contributed by atoms with van der Waals surface area (Å²) in [6.07, 6.45) is 3.59. The van der Waals surface area contributed by atoms with Gasteiger partial charge >= 0.3 is 0 Å². The van der Waals surface area contributed by atoms with Gasteiger partial charge in [-0.1, -0.05) is 48.0 Å². The molecule has 2 heterocycles. The molecule has 0 saturated heterocycles. The predicted octanol–water partition coefficient (Wildman–Crippen LogP) is 3.00. The molecule has 0 spiro atoms. The number of fused-ring (bicyclic) bond motifs is 1. The Labute approximate surface area is 145 Å². The van der Waals surface area contributed by atoms with E-state index in [0.717, 1.165) is 18.4 Å². The summed E-state index contributed by atoms with van der Waals surface area (Å²) in [7, 11) is -3.76. The van der Waals surface area contributed by atoms with E-state index in [1.54, 1.807) is 24.4 Å². The third kappa shape index (κ3) is 2.60. The maximum atomic E-state index is 12.8. The van der Waals surface area contributed by atoms with Gasteiger partial charge in [-0.3, -0.25) is 4.40 Å². The average Bonchev–Trinajstić information content (AvgIpc) is 3.29. The van der Waals surface area contributed by atoms with Gasteiger partial charge < -0.3 is 0 Å². The number of rotatable bonds is 5. The molecule has 1 aliphatic carbocycles. The lowest BCUT2D eigenvalue weighted by atomic mass is 9.96. The van der Waals surface area contributed by atoms with Crippen LogP contribution in [0.5, 0.6) is 0 Å². The Balaban J connectivity index is 1.63. The fourth-order valence-electron chi connectivity index (χ4n) is 3.00. The van der Waals surface area contributed by atoms with Crippen molar-refractivity contribution in [1.29, 1.82) is 0 Å². The first-order chi connectivity index (χ1) is 11.5. The van der Waals surface area contributed by atoms with Crippen LogP contribution in [0.1, 0.15) is 18.4 Å². The molecule has 1 N–H and O–H groups in total. The minimum absolute atomic E-state index is 0.0105. The molecular formula is C17H16ClN3O2S.